The zero-order valence-electron chi connectivity index (χ0n) is 10.3. The molecular formula is C12H26N2. The van der Waals surface area contributed by atoms with Crippen molar-refractivity contribution in [2.45, 2.75) is 46.1 Å². The van der Waals surface area contributed by atoms with Crippen LogP contribution in [0.5, 0.6) is 0 Å². The Bertz CT molecular complexity index is 166. The average molecular weight is 198 g/mol. The average Bonchev–Trinajstić information content (AvgIpc) is 2.50. The Balaban J connectivity index is 2.42. The Morgan fingerprint density at radius 2 is 2.14 bits per heavy atom. The molecule has 1 aliphatic rings. The summed E-state index contributed by atoms with van der Waals surface area (Å²) in [4.78, 5) is 2.68. The third-order valence-corrected chi connectivity index (χ3v) is 3.26. The van der Waals surface area contributed by atoms with E-state index < -0.39 is 0 Å². The van der Waals surface area contributed by atoms with Crippen LogP contribution in [0.1, 0.15) is 40.0 Å². The highest BCUT2D eigenvalue weighted by Crippen LogP contribution is 2.25. The first-order valence-electron chi connectivity index (χ1n) is 5.97. The molecule has 0 saturated carbocycles. The third-order valence-electron chi connectivity index (χ3n) is 3.26. The van der Waals surface area contributed by atoms with E-state index in [1.165, 1.54) is 32.4 Å². The molecule has 1 saturated heterocycles. The molecule has 0 aromatic carbocycles. The molecule has 0 bridgehead atoms. The van der Waals surface area contributed by atoms with Crippen molar-refractivity contribution < 1.29 is 0 Å². The van der Waals surface area contributed by atoms with Gasteiger partial charge in [0.15, 0.2) is 0 Å². The van der Waals surface area contributed by atoms with Gasteiger partial charge in [0, 0.05) is 19.1 Å². The minimum Gasteiger partial charge on any atom is -0.319 e. The van der Waals surface area contributed by atoms with Crippen molar-refractivity contribution in [2.24, 2.45) is 5.41 Å². The van der Waals surface area contributed by atoms with E-state index >= 15 is 0 Å². The van der Waals surface area contributed by atoms with Crippen molar-refractivity contribution in [1.29, 1.82) is 0 Å². The molecule has 84 valence electrons. The summed E-state index contributed by atoms with van der Waals surface area (Å²) in [5.74, 6) is 0. The SMILES string of the molecule is CCC1CCCN1CC(C)(C)CNC. The van der Waals surface area contributed by atoms with Gasteiger partial charge in [0.1, 0.15) is 0 Å². The van der Waals surface area contributed by atoms with Gasteiger partial charge in [0.05, 0.1) is 0 Å². The van der Waals surface area contributed by atoms with Crippen LogP contribution in [0.4, 0.5) is 0 Å². The molecule has 1 aliphatic heterocycles. The zero-order chi connectivity index (χ0) is 10.6. The van der Waals surface area contributed by atoms with E-state index in [-0.39, 0.29) is 0 Å². The van der Waals surface area contributed by atoms with Gasteiger partial charge in [-0.25, -0.2) is 0 Å². The maximum atomic E-state index is 3.29. The lowest BCUT2D eigenvalue weighted by atomic mass is 9.92. The second-order valence-electron chi connectivity index (χ2n) is 5.37. The number of likely N-dealkylation sites (tertiary alicyclic amines) is 1. The highest BCUT2D eigenvalue weighted by Gasteiger charge is 2.28. The van der Waals surface area contributed by atoms with E-state index in [0.29, 0.717) is 5.41 Å². The summed E-state index contributed by atoms with van der Waals surface area (Å²) in [5, 5.41) is 3.29. The van der Waals surface area contributed by atoms with Crippen LogP contribution in [-0.4, -0.2) is 37.6 Å². The largest absolute Gasteiger partial charge is 0.319 e. The molecule has 0 radical (unpaired) electrons. The Kier molecular flexibility index (Phi) is 4.39. The number of nitrogens with zero attached hydrogens (tertiary/aromatic N) is 1. The molecular weight excluding hydrogens is 172 g/mol. The lowest BCUT2D eigenvalue weighted by molar-refractivity contribution is 0.161. The van der Waals surface area contributed by atoms with E-state index in [4.69, 9.17) is 0 Å². The van der Waals surface area contributed by atoms with Crippen molar-refractivity contribution >= 4 is 0 Å². The molecule has 2 heteroatoms. The Labute approximate surface area is 89.1 Å². The highest BCUT2D eigenvalue weighted by molar-refractivity contribution is 4.83. The summed E-state index contributed by atoms with van der Waals surface area (Å²) in [6.07, 6.45) is 4.12. The minimum absolute atomic E-state index is 0.409. The van der Waals surface area contributed by atoms with Crippen LogP contribution in [0.25, 0.3) is 0 Å². The third kappa shape index (κ3) is 3.25. The monoisotopic (exact) mass is 198 g/mol. The van der Waals surface area contributed by atoms with Gasteiger partial charge in [-0.3, -0.25) is 4.90 Å². The molecule has 1 heterocycles. The molecule has 2 nitrogen and oxygen atoms in total. The van der Waals surface area contributed by atoms with Crippen LogP contribution in [0.2, 0.25) is 0 Å². The van der Waals surface area contributed by atoms with E-state index in [2.05, 4.69) is 31.0 Å². The van der Waals surface area contributed by atoms with Crippen molar-refractivity contribution in [3.05, 3.63) is 0 Å². The first kappa shape index (κ1) is 12.0. The number of rotatable bonds is 5. The molecule has 0 aliphatic carbocycles. The fraction of sp³-hybridized carbons (Fsp3) is 1.00. The van der Waals surface area contributed by atoms with Gasteiger partial charge in [0.25, 0.3) is 0 Å². The summed E-state index contributed by atoms with van der Waals surface area (Å²) < 4.78 is 0. The van der Waals surface area contributed by atoms with Crippen LogP contribution in [-0.2, 0) is 0 Å². The minimum atomic E-state index is 0.409. The molecule has 1 rings (SSSR count). The van der Waals surface area contributed by atoms with E-state index in [0.717, 1.165) is 12.6 Å². The van der Waals surface area contributed by atoms with Crippen molar-refractivity contribution in [2.75, 3.05) is 26.7 Å². The van der Waals surface area contributed by atoms with Gasteiger partial charge in [0.2, 0.25) is 0 Å². The van der Waals surface area contributed by atoms with Gasteiger partial charge in [-0.2, -0.15) is 0 Å². The summed E-state index contributed by atoms with van der Waals surface area (Å²) in [6, 6.07) is 0.853. The number of nitrogens with one attached hydrogen (secondary N) is 1. The quantitative estimate of drug-likeness (QED) is 0.728. The smallest absolute Gasteiger partial charge is 0.00933 e. The normalized spacial score (nSPS) is 24.4. The second kappa shape index (κ2) is 5.13. The predicted molar refractivity (Wildman–Crippen MR) is 62.6 cm³/mol. The molecule has 1 unspecified atom stereocenters. The van der Waals surface area contributed by atoms with Crippen LogP contribution in [0.3, 0.4) is 0 Å². The van der Waals surface area contributed by atoms with Gasteiger partial charge in [-0.1, -0.05) is 20.8 Å². The Hall–Kier alpha value is -0.0800. The molecule has 14 heavy (non-hydrogen) atoms. The molecule has 0 spiro atoms. The topological polar surface area (TPSA) is 15.3 Å². The van der Waals surface area contributed by atoms with Gasteiger partial charge in [-0.15, -0.1) is 0 Å². The van der Waals surface area contributed by atoms with Crippen LogP contribution < -0.4 is 5.32 Å². The lowest BCUT2D eigenvalue weighted by Crippen LogP contribution is -2.41. The van der Waals surface area contributed by atoms with Gasteiger partial charge < -0.3 is 5.32 Å². The Morgan fingerprint density at radius 1 is 1.43 bits per heavy atom. The van der Waals surface area contributed by atoms with E-state index in [9.17, 15) is 0 Å². The predicted octanol–water partition coefficient (Wildman–Crippen LogP) is 2.11. The van der Waals surface area contributed by atoms with Crippen LogP contribution in [0, 0.1) is 5.41 Å². The van der Waals surface area contributed by atoms with Gasteiger partial charge >= 0.3 is 0 Å². The molecule has 0 amide bonds. The molecule has 1 atom stereocenters. The maximum absolute atomic E-state index is 3.29. The molecule has 0 aromatic heterocycles. The lowest BCUT2D eigenvalue weighted by Gasteiger charge is -2.33. The van der Waals surface area contributed by atoms with Crippen LogP contribution in [0.15, 0.2) is 0 Å². The fourth-order valence-corrected chi connectivity index (χ4v) is 2.65. The molecule has 1 N–H and O–H groups in total. The first-order valence-corrected chi connectivity index (χ1v) is 5.97. The summed E-state index contributed by atoms with van der Waals surface area (Å²) >= 11 is 0. The van der Waals surface area contributed by atoms with E-state index in [1.54, 1.807) is 0 Å². The van der Waals surface area contributed by atoms with Crippen LogP contribution >= 0.6 is 0 Å². The Morgan fingerprint density at radius 3 is 2.71 bits per heavy atom. The summed E-state index contributed by atoms with van der Waals surface area (Å²) in [6.45, 7) is 10.7. The summed E-state index contributed by atoms with van der Waals surface area (Å²) in [7, 11) is 2.04. The van der Waals surface area contributed by atoms with Crippen molar-refractivity contribution in [3.8, 4) is 0 Å². The highest BCUT2D eigenvalue weighted by atomic mass is 15.2. The summed E-state index contributed by atoms with van der Waals surface area (Å²) in [5.41, 5.74) is 0.409. The molecule has 1 fully saturated rings. The number of hydrogen-bond acceptors (Lipinski definition) is 2. The van der Waals surface area contributed by atoms with E-state index in [1.807, 2.05) is 7.05 Å². The van der Waals surface area contributed by atoms with Crippen molar-refractivity contribution in [3.63, 3.8) is 0 Å². The standard InChI is InChI=1S/C12H26N2/c1-5-11-7-6-8-14(11)10-12(2,3)9-13-4/h11,13H,5-10H2,1-4H3. The number of hydrogen-bond donors (Lipinski definition) is 1. The van der Waals surface area contributed by atoms with Crippen molar-refractivity contribution in [1.82, 2.24) is 10.2 Å². The maximum Gasteiger partial charge on any atom is 0.00933 e. The first-order chi connectivity index (χ1) is 6.59. The van der Waals surface area contributed by atoms with Gasteiger partial charge in [-0.05, 0) is 38.3 Å². The second-order valence-corrected chi connectivity index (χ2v) is 5.37. The fourth-order valence-electron chi connectivity index (χ4n) is 2.65. The molecule has 0 aromatic rings. The zero-order valence-corrected chi connectivity index (χ0v) is 10.3.